The number of hydrogen-bond acceptors (Lipinski definition) is 5. The number of halogens is 4. The second-order valence-corrected chi connectivity index (χ2v) is 9.55. The molecule has 3 rings (SSSR count). The van der Waals surface area contributed by atoms with Crippen molar-refractivity contribution >= 4 is 56.5 Å². The summed E-state index contributed by atoms with van der Waals surface area (Å²) in [5.74, 6) is -0.138. The molecule has 0 aliphatic carbocycles. The lowest BCUT2D eigenvalue weighted by Crippen LogP contribution is -2.17. The Hall–Kier alpha value is -2.04. The molecule has 0 aliphatic heterocycles. The number of rotatable bonds is 5. The molecular weight excluding hydrogens is 459 g/mol. The molecule has 5 nitrogen and oxygen atoms in total. The number of H-pyrrole nitrogens is 1. The number of fused-ring (bicyclic) bond motifs is 1. The number of anilines is 1. The van der Waals surface area contributed by atoms with Gasteiger partial charge in [-0.1, -0.05) is 11.6 Å². The fourth-order valence-corrected chi connectivity index (χ4v) is 4.67. The molecule has 1 amide bonds. The van der Waals surface area contributed by atoms with Crippen LogP contribution in [0.2, 0.25) is 5.02 Å². The van der Waals surface area contributed by atoms with E-state index >= 15 is 0 Å². The summed E-state index contributed by atoms with van der Waals surface area (Å²) >= 11 is 8.52. The number of thioether (sulfide) groups is 1. The Kier molecular flexibility index (Phi) is 6.49. The zero-order valence-electron chi connectivity index (χ0n) is 16.1. The molecule has 30 heavy (non-hydrogen) atoms. The van der Waals surface area contributed by atoms with E-state index in [0.29, 0.717) is 16.0 Å². The third kappa shape index (κ3) is 4.81. The summed E-state index contributed by atoms with van der Waals surface area (Å²) in [5.41, 5.74) is -0.348. The predicted octanol–water partition coefficient (Wildman–Crippen LogP) is 5.71. The molecule has 0 aliphatic rings. The Morgan fingerprint density at radius 3 is 2.73 bits per heavy atom. The Morgan fingerprint density at radius 2 is 2.07 bits per heavy atom. The highest BCUT2D eigenvalue weighted by molar-refractivity contribution is 8.00. The van der Waals surface area contributed by atoms with Crippen LogP contribution in [-0.4, -0.2) is 21.6 Å². The summed E-state index contributed by atoms with van der Waals surface area (Å²) in [6, 6.07) is 2.73. The maximum Gasteiger partial charge on any atom is 0.416 e. The Morgan fingerprint density at radius 1 is 1.37 bits per heavy atom. The van der Waals surface area contributed by atoms with Gasteiger partial charge in [-0.05, 0) is 44.5 Å². The molecule has 11 heteroatoms. The molecule has 0 spiro atoms. The standard InChI is InChI=1S/C19H17ClF3N3O2S2/c1-8-9(2)30-18-15(8)17(28)25-16(26-18)10(3)29-7-14(27)24-13-6-11(19(21,22)23)4-5-12(13)20/h4-6,10H,7H2,1-3H3,(H,24,27)(H,25,26,28). The van der Waals surface area contributed by atoms with Crippen LogP contribution in [0.3, 0.4) is 0 Å². The lowest BCUT2D eigenvalue weighted by molar-refractivity contribution is -0.137. The van der Waals surface area contributed by atoms with Gasteiger partial charge >= 0.3 is 6.18 Å². The molecule has 0 fully saturated rings. The number of benzene rings is 1. The smallest absolute Gasteiger partial charge is 0.324 e. The van der Waals surface area contributed by atoms with Crippen LogP contribution in [0.25, 0.3) is 10.2 Å². The number of aromatic nitrogens is 2. The molecule has 1 aromatic carbocycles. The molecule has 1 unspecified atom stereocenters. The topological polar surface area (TPSA) is 74.8 Å². The third-order valence-electron chi connectivity index (χ3n) is 4.47. The number of carbonyl (C=O) groups is 1. The zero-order valence-corrected chi connectivity index (χ0v) is 18.5. The summed E-state index contributed by atoms with van der Waals surface area (Å²) < 4.78 is 38.6. The van der Waals surface area contributed by atoms with Gasteiger partial charge in [-0.3, -0.25) is 9.59 Å². The van der Waals surface area contributed by atoms with Crippen molar-refractivity contribution in [3.63, 3.8) is 0 Å². The summed E-state index contributed by atoms with van der Waals surface area (Å²) in [4.78, 5) is 33.5. The number of aromatic amines is 1. The quantitative estimate of drug-likeness (QED) is 0.496. The average molecular weight is 476 g/mol. The van der Waals surface area contributed by atoms with E-state index in [0.717, 1.165) is 28.6 Å². The normalized spacial score (nSPS) is 12.9. The minimum Gasteiger partial charge on any atom is -0.324 e. The van der Waals surface area contributed by atoms with E-state index in [4.69, 9.17) is 11.6 Å². The fraction of sp³-hybridized carbons (Fsp3) is 0.316. The third-order valence-corrected chi connectivity index (χ3v) is 7.06. The van der Waals surface area contributed by atoms with E-state index in [1.807, 2.05) is 13.8 Å². The highest BCUT2D eigenvalue weighted by Gasteiger charge is 2.31. The number of nitrogens with one attached hydrogen (secondary N) is 2. The van der Waals surface area contributed by atoms with E-state index in [2.05, 4.69) is 15.3 Å². The highest BCUT2D eigenvalue weighted by Crippen LogP contribution is 2.34. The van der Waals surface area contributed by atoms with Crippen molar-refractivity contribution in [2.24, 2.45) is 0 Å². The van der Waals surface area contributed by atoms with Gasteiger partial charge in [0.2, 0.25) is 5.91 Å². The summed E-state index contributed by atoms with van der Waals surface area (Å²) in [5, 5.41) is 2.66. The first-order chi connectivity index (χ1) is 14.0. The van der Waals surface area contributed by atoms with Gasteiger partial charge in [-0.25, -0.2) is 4.98 Å². The van der Waals surface area contributed by atoms with Gasteiger partial charge in [0.15, 0.2) is 0 Å². The molecule has 0 saturated carbocycles. The fourth-order valence-electron chi connectivity index (χ4n) is 2.73. The van der Waals surface area contributed by atoms with Crippen LogP contribution in [0.15, 0.2) is 23.0 Å². The molecule has 160 valence electrons. The maximum absolute atomic E-state index is 12.9. The monoisotopic (exact) mass is 475 g/mol. The average Bonchev–Trinajstić information content (AvgIpc) is 2.95. The summed E-state index contributed by atoms with van der Waals surface area (Å²) in [6.45, 7) is 5.57. The van der Waals surface area contributed by atoms with E-state index < -0.39 is 17.6 Å². The molecule has 2 N–H and O–H groups in total. The lowest BCUT2D eigenvalue weighted by Gasteiger charge is -2.13. The van der Waals surface area contributed by atoms with Gasteiger partial charge < -0.3 is 10.3 Å². The van der Waals surface area contributed by atoms with E-state index in [1.54, 1.807) is 6.92 Å². The largest absolute Gasteiger partial charge is 0.416 e. The Bertz CT molecular complexity index is 1170. The molecule has 3 aromatic rings. The van der Waals surface area contributed by atoms with Gasteiger partial charge in [0, 0.05) is 4.88 Å². The Balaban J connectivity index is 1.69. The van der Waals surface area contributed by atoms with Gasteiger partial charge in [0.1, 0.15) is 10.7 Å². The molecule has 2 heterocycles. The van der Waals surface area contributed by atoms with Gasteiger partial charge in [-0.15, -0.1) is 23.1 Å². The van der Waals surface area contributed by atoms with E-state index in [9.17, 15) is 22.8 Å². The molecule has 1 atom stereocenters. The second kappa shape index (κ2) is 8.60. The van der Waals surface area contributed by atoms with Crippen molar-refractivity contribution < 1.29 is 18.0 Å². The van der Waals surface area contributed by atoms with Gasteiger partial charge in [0.05, 0.1) is 32.7 Å². The second-order valence-electron chi connectivity index (χ2n) is 6.61. The number of thiophene rings is 1. The van der Waals surface area contributed by atoms with Crippen molar-refractivity contribution in [3.8, 4) is 0 Å². The van der Waals surface area contributed by atoms with Crippen molar-refractivity contribution in [2.45, 2.75) is 32.2 Å². The van der Waals surface area contributed by atoms with Crippen LogP contribution in [0.1, 0.15) is 34.0 Å². The van der Waals surface area contributed by atoms with Crippen LogP contribution >= 0.6 is 34.7 Å². The van der Waals surface area contributed by atoms with Crippen molar-refractivity contribution in [2.75, 3.05) is 11.1 Å². The predicted molar refractivity (Wildman–Crippen MR) is 116 cm³/mol. The molecule has 2 aromatic heterocycles. The highest BCUT2D eigenvalue weighted by atomic mass is 35.5. The number of carbonyl (C=O) groups excluding carboxylic acids is 1. The number of nitrogens with zero attached hydrogens (tertiary/aromatic N) is 1. The first kappa shape index (κ1) is 22.6. The summed E-state index contributed by atoms with van der Waals surface area (Å²) in [7, 11) is 0. The zero-order chi connectivity index (χ0) is 22.2. The van der Waals surface area contributed by atoms with E-state index in [-0.39, 0.29) is 27.3 Å². The molecular formula is C19H17ClF3N3O2S2. The van der Waals surface area contributed by atoms with Crippen LogP contribution in [0, 0.1) is 13.8 Å². The SMILES string of the molecule is Cc1sc2nc(C(C)SCC(=O)Nc3cc(C(F)(F)F)ccc3Cl)[nH]c(=O)c2c1C. The number of aryl methyl sites for hydroxylation is 2. The molecule has 0 bridgehead atoms. The Labute approximate surface area is 183 Å². The van der Waals surface area contributed by atoms with Crippen LogP contribution in [0.5, 0.6) is 0 Å². The number of amides is 1. The van der Waals surface area contributed by atoms with Crippen molar-refractivity contribution in [1.29, 1.82) is 0 Å². The van der Waals surface area contributed by atoms with Crippen LogP contribution in [0.4, 0.5) is 18.9 Å². The first-order valence-corrected chi connectivity index (χ1v) is 11.0. The molecule has 0 saturated heterocycles. The van der Waals surface area contributed by atoms with Crippen LogP contribution < -0.4 is 10.9 Å². The lowest BCUT2D eigenvalue weighted by atomic mass is 10.2. The van der Waals surface area contributed by atoms with Crippen LogP contribution in [-0.2, 0) is 11.0 Å². The summed E-state index contributed by atoms with van der Waals surface area (Å²) in [6.07, 6.45) is -4.54. The van der Waals surface area contributed by atoms with E-state index in [1.165, 1.54) is 23.1 Å². The minimum absolute atomic E-state index is 0.00859. The first-order valence-electron chi connectivity index (χ1n) is 8.75. The van der Waals surface area contributed by atoms with Crippen molar-refractivity contribution in [3.05, 3.63) is 55.4 Å². The number of alkyl halides is 3. The van der Waals surface area contributed by atoms with Crippen molar-refractivity contribution in [1.82, 2.24) is 9.97 Å². The number of hydrogen-bond donors (Lipinski definition) is 2. The van der Waals surface area contributed by atoms with Gasteiger partial charge in [0.25, 0.3) is 5.56 Å². The maximum atomic E-state index is 12.9. The molecule has 0 radical (unpaired) electrons. The minimum atomic E-state index is -4.54. The van der Waals surface area contributed by atoms with Gasteiger partial charge in [-0.2, -0.15) is 13.2 Å².